The molecule has 0 fully saturated rings. The smallest absolute Gasteiger partial charge is 0.324 e. The number of benzene rings is 1. The van der Waals surface area contributed by atoms with E-state index in [4.69, 9.17) is 9.47 Å². The molecule has 0 heterocycles. The van der Waals surface area contributed by atoms with Gasteiger partial charge < -0.3 is 9.47 Å². The highest BCUT2D eigenvalue weighted by Crippen LogP contribution is 2.31. The average Bonchev–Trinajstić information content (AvgIpc) is 2.57. The lowest BCUT2D eigenvalue weighted by Gasteiger charge is -2.25. The van der Waals surface area contributed by atoms with Crippen LogP contribution in [0.15, 0.2) is 42.0 Å². The van der Waals surface area contributed by atoms with Gasteiger partial charge in [-0.3, -0.25) is 9.59 Å². The maximum atomic E-state index is 12.3. The van der Waals surface area contributed by atoms with E-state index >= 15 is 0 Å². The van der Waals surface area contributed by atoms with Gasteiger partial charge in [-0.05, 0) is 32.4 Å². The van der Waals surface area contributed by atoms with Gasteiger partial charge in [0.05, 0.1) is 14.2 Å². The summed E-state index contributed by atoms with van der Waals surface area (Å²) in [7, 11) is 2.51. The van der Waals surface area contributed by atoms with Crippen molar-refractivity contribution in [3.05, 3.63) is 47.5 Å². The Bertz CT molecular complexity index is 612. The molecule has 0 aliphatic rings. The van der Waals surface area contributed by atoms with Crippen molar-refractivity contribution >= 4 is 11.9 Å². The minimum absolute atomic E-state index is 0.0328. The lowest BCUT2D eigenvalue weighted by molar-refractivity contribution is -0.168. The monoisotopic (exact) mass is 314 g/mol. The molecule has 0 saturated carbocycles. The number of hydrogen-bond acceptors (Lipinski definition) is 4. The summed E-state index contributed by atoms with van der Waals surface area (Å²) in [5.74, 6) is 4.61. The third-order valence-corrected chi connectivity index (χ3v) is 3.41. The highest BCUT2D eigenvalue weighted by molar-refractivity contribution is 6.00. The second-order valence-electron chi connectivity index (χ2n) is 5.40. The van der Waals surface area contributed by atoms with Gasteiger partial charge in [0.25, 0.3) is 0 Å². The Labute approximate surface area is 137 Å². The molecule has 0 aromatic heterocycles. The van der Waals surface area contributed by atoms with E-state index in [1.807, 2.05) is 50.3 Å². The maximum absolute atomic E-state index is 12.3. The van der Waals surface area contributed by atoms with E-state index in [0.29, 0.717) is 0 Å². The molecule has 1 rings (SSSR count). The summed E-state index contributed by atoms with van der Waals surface area (Å²) < 4.78 is 9.67. The van der Waals surface area contributed by atoms with Crippen LogP contribution >= 0.6 is 0 Å². The molecule has 0 spiro atoms. The third kappa shape index (κ3) is 5.00. The summed E-state index contributed by atoms with van der Waals surface area (Å²) in [6.45, 7) is 3.80. The fraction of sp³-hybridized carbons (Fsp3) is 0.368. The van der Waals surface area contributed by atoms with E-state index in [9.17, 15) is 9.59 Å². The molecular weight excluding hydrogens is 292 g/mol. The van der Waals surface area contributed by atoms with Gasteiger partial charge in [-0.15, -0.1) is 0 Å². The second kappa shape index (κ2) is 8.79. The number of carbonyl (C=O) groups excluding carboxylic acids is 2. The fourth-order valence-electron chi connectivity index (χ4n) is 2.05. The predicted molar refractivity (Wildman–Crippen MR) is 88.5 cm³/mol. The maximum Gasteiger partial charge on any atom is 0.324 e. The third-order valence-electron chi connectivity index (χ3n) is 3.41. The van der Waals surface area contributed by atoms with Crippen LogP contribution in [0.4, 0.5) is 0 Å². The van der Waals surface area contributed by atoms with Crippen molar-refractivity contribution in [1.29, 1.82) is 0 Å². The number of esters is 2. The summed E-state index contributed by atoms with van der Waals surface area (Å²) in [5.41, 5.74) is 0.374. The van der Waals surface area contributed by atoms with Crippen molar-refractivity contribution < 1.29 is 19.1 Å². The molecule has 0 bridgehead atoms. The standard InChI is InChI=1S/C19H22O4/c1-15(2)12-14-19(17(20)22-3,18(21)23-4)13-8-11-16-9-6-5-7-10-16/h5-7,9-10,12H,13-14H2,1-4H3. The first-order valence-electron chi connectivity index (χ1n) is 7.30. The SMILES string of the molecule is COC(=O)C(CC#Cc1ccccc1)(CC=C(C)C)C(=O)OC. The highest BCUT2D eigenvalue weighted by atomic mass is 16.5. The molecule has 1 aromatic rings. The van der Waals surface area contributed by atoms with Gasteiger partial charge in [0.2, 0.25) is 0 Å². The van der Waals surface area contributed by atoms with Crippen LogP contribution in [0.1, 0.15) is 32.3 Å². The van der Waals surface area contributed by atoms with E-state index in [-0.39, 0.29) is 12.8 Å². The molecule has 0 radical (unpaired) electrons. The Morgan fingerprint density at radius 1 is 1.09 bits per heavy atom. The van der Waals surface area contributed by atoms with Gasteiger partial charge in [-0.25, -0.2) is 0 Å². The molecular formula is C19H22O4. The largest absolute Gasteiger partial charge is 0.468 e. The van der Waals surface area contributed by atoms with Crippen molar-refractivity contribution in [3.8, 4) is 11.8 Å². The van der Waals surface area contributed by atoms with Gasteiger partial charge in [-0.1, -0.05) is 41.7 Å². The first-order chi connectivity index (χ1) is 11.0. The summed E-state index contributed by atoms with van der Waals surface area (Å²) in [5, 5.41) is 0. The van der Waals surface area contributed by atoms with Crippen LogP contribution in [0, 0.1) is 17.3 Å². The molecule has 0 N–H and O–H groups in total. The minimum Gasteiger partial charge on any atom is -0.468 e. The van der Waals surface area contributed by atoms with E-state index in [2.05, 4.69) is 11.8 Å². The van der Waals surface area contributed by atoms with Crippen molar-refractivity contribution in [1.82, 2.24) is 0 Å². The van der Waals surface area contributed by atoms with Gasteiger partial charge in [-0.2, -0.15) is 0 Å². The van der Waals surface area contributed by atoms with Crippen LogP contribution in [-0.4, -0.2) is 26.2 Å². The molecule has 23 heavy (non-hydrogen) atoms. The first kappa shape index (κ1) is 18.5. The number of allylic oxidation sites excluding steroid dienone is 2. The average molecular weight is 314 g/mol. The number of ether oxygens (including phenoxy) is 2. The Morgan fingerprint density at radius 3 is 2.13 bits per heavy atom. The van der Waals surface area contributed by atoms with Gasteiger partial charge in [0, 0.05) is 12.0 Å². The van der Waals surface area contributed by atoms with Crippen LogP contribution in [0.25, 0.3) is 0 Å². The quantitative estimate of drug-likeness (QED) is 0.363. The second-order valence-corrected chi connectivity index (χ2v) is 5.40. The topological polar surface area (TPSA) is 52.6 Å². The number of rotatable bonds is 5. The Morgan fingerprint density at radius 2 is 1.65 bits per heavy atom. The Hall–Kier alpha value is -2.54. The van der Waals surface area contributed by atoms with Crippen LogP contribution in [0.5, 0.6) is 0 Å². The lowest BCUT2D eigenvalue weighted by atomic mass is 9.80. The zero-order valence-electron chi connectivity index (χ0n) is 14.0. The summed E-state index contributed by atoms with van der Waals surface area (Å²) in [4.78, 5) is 24.5. The van der Waals surface area contributed by atoms with Crippen LogP contribution in [-0.2, 0) is 19.1 Å². The molecule has 0 saturated heterocycles. The zero-order valence-corrected chi connectivity index (χ0v) is 14.0. The molecule has 0 unspecified atom stereocenters. The van der Waals surface area contributed by atoms with Crippen LogP contribution in [0.3, 0.4) is 0 Å². The molecule has 0 atom stereocenters. The zero-order chi connectivity index (χ0) is 17.3. The van der Waals surface area contributed by atoms with Crippen molar-refractivity contribution in [2.45, 2.75) is 26.7 Å². The summed E-state index contributed by atoms with van der Waals surface area (Å²) in [6.07, 6.45) is 2.04. The summed E-state index contributed by atoms with van der Waals surface area (Å²) >= 11 is 0. The Balaban J connectivity index is 3.16. The lowest BCUT2D eigenvalue weighted by Crippen LogP contribution is -2.40. The molecule has 1 aromatic carbocycles. The summed E-state index contributed by atoms with van der Waals surface area (Å²) in [6, 6.07) is 9.37. The van der Waals surface area contributed by atoms with Gasteiger partial charge >= 0.3 is 11.9 Å². The molecule has 0 amide bonds. The first-order valence-corrected chi connectivity index (χ1v) is 7.30. The van der Waals surface area contributed by atoms with Crippen molar-refractivity contribution in [3.63, 3.8) is 0 Å². The number of hydrogen-bond donors (Lipinski definition) is 0. The van der Waals surface area contributed by atoms with Crippen molar-refractivity contribution in [2.24, 2.45) is 5.41 Å². The molecule has 122 valence electrons. The molecule has 0 aliphatic carbocycles. The van der Waals surface area contributed by atoms with Gasteiger partial charge in [0.1, 0.15) is 0 Å². The van der Waals surface area contributed by atoms with Gasteiger partial charge in [0.15, 0.2) is 5.41 Å². The van der Waals surface area contributed by atoms with Crippen LogP contribution < -0.4 is 0 Å². The number of methoxy groups -OCH3 is 2. The van der Waals surface area contributed by atoms with Crippen LogP contribution in [0.2, 0.25) is 0 Å². The normalized spacial score (nSPS) is 10.1. The molecule has 0 aliphatic heterocycles. The predicted octanol–water partition coefficient (Wildman–Crippen LogP) is 3.12. The molecule has 4 heteroatoms. The molecule has 4 nitrogen and oxygen atoms in total. The highest BCUT2D eigenvalue weighted by Gasteiger charge is 2.47. The number of carbonyl (C=O) groups is 2. The van der Waals surface area contributed by atoms with E-state index in [0.717, 1.165) is 11.1 Å². The van der Waals surface area contributed by atoms with Crippen molar-refractivity contribution in [2.75, 3.05) is 14.2 Å². The van der Waals surface area contributed by atoms with E-state index in [1.165, 1.54) is 14.2 Å². The van der Waals surface area contributed by atoms with E-state index in [1.54, 1.807) is 0 Å². The van der Waals surface area contributed by atoms with E-state index < -0.39 is 17.4 Å². The fourth-order valence-corrected chi connectivity index (χ4v) is 2.05. The minimum atomic E-state index is -1.44. The Kier molecular flexibility index (Phi) is 7.08.